The molecule has 0 N–H and O–H groups in total. The quantitative estimate of drug-likeness (QED) is 0.746. The summed E-state index contributed by atoms with van der Waals surface area (Å²) in [6.07, 6.45) is 0.530. The van der Waals surface area contributed by atoms with Crippen molar-refractivity contribution in [2.45, 2.75) is 33.4 Å². The maximum Gasteiger partial charge on any atom is 0.254 e. The number of ether oxygens (including phenoxy) is 1. The number of carbonyl (C=O) groups is 2. The Balaban J connectivity index is 1.74. The van der Waals surface area contributed by atoms with Crippen molar-refractivity contribution in [2.75, 3.05) is 7.11 Å². The number of fused-ring (bicyclic) bond motifs is 1. The fourth-order valence-electron chi connectivity index (χ4n) is 3.12. The van der Waals surface area contributed by atoms with Crippen molar-refractivity contribution in [3.63, 3.8) is 0 Å². The van der Waals surface area contributed by atoms with E-state index in [4.69, 9.17) is 4.74 Å². The third-order valence-corrected chi connectivity index (χ3v) is 4.43. The molecule has 130 valence electrons. The van der Waals surface area contributed by atoms with E-state index in [1.165, 1.54) is 0 Å². The molecule has 2 aromatic carbocycles. The van der Waals surface area contributed by atoms with Crippen LogP contribution in [0, 0.1) is 5.92 Å². The second-order valence-electron chi connectivity index (χ2n) is 6.90. The number of benzene rings is 2. The van der Waals surface area contributed by atoms with Gasteiger partial charge >= 0.3 is 0 Å². The van der Waals surface area contributed by atoms with Crippen LogP contribution < -0.4 is 4.74 Å². The van der Waals surface area contributed by atoms with Gasteiger partial charge in [-0.05, 0) is 41.3 Å². The summed E-state index contributed by atoms with van der Waals surface area (Å²) in [5.41, 5.74) is 3.40. The van der Waals surface area contributed by atoms with Crippen LogP contribution in [0.1, 0.15) is 52.1 Å². The van der Waals surface area contributed by atoms with Gasteiger partial charge in [0.05, 0.1) is 7.11 Å². The number of rotatable bonds is 6. The Morgan fingerprint density at radius 2 is 1.88 bits per heavy atom. The van der Waals surface area contributed by atoms with Crippen molar-refractivity contribution >= 4 is 11.7 Å². The molecule has 1 amide bonds. The molecule has 1 aliphatic rings. The van der Waals surface area contributed by atoms with Gasteiger partial charge in [-0.1, -0.05) is 32.0 Å². The zero-order chi connectivity index (χ0) is 18.0. The molecular formula is C21H23NO3. The highest BCUT2D eigenvalue weighted by Gasteiger charge is 2.28. The molecule has 0 spiro atoms. The summed E-state index contributed by atoms with van der Waals surface area (Å²) < 4.78 is 5.16. The SMILES string of the molecule is COc1ccc(CN2Cc3cc(C(=O)CC(C)C)ccc3C2=O)cc1. The molecule has 1 heterocycles. The Labute approximate surface area is 148 Å². The molecule has 0 aromatic heterocycles. The zero-order valence-electron chi connectivity index (χ0n) is 14.9. The van der Waals surface area contributed by atoms with Gasteiger partial charge in [-0.3, -0.25) is 9.59 Å². The zero-order valence-corrected chi connectivity index (χ0v) is 14.9. The number of ketones is 1. The minimum Gasteiger partial charge on any atom is -0.497 e. The van der Waals surface area contributed by atoms with Crippen LogP contribution in [0.25, 0.3) is 0 Å². The van der Waals surface area contributed by atoms with E-state index in [0.29, 0.717) is 36.6 Å². The molecule has 0 unspecified atom stereocenters. The maximum absolute atomic E-state index is 12.6. The van der Waals surface area contributed by atoms with Crippen LogP contribution in [0.3, 0.4) is 0 Å². The van der Waals surface area contributed by atoms with Crippen molar-refractivity contribution < 1.29 is 14.3 Å². The van der Waals surface area contributed by atoms with Crippen molar-refractivity contribution in [3.8, 4) is 5.75 Å². The number of methoxy groups -OCH3 is 1. The van der Waals surface area contributed by atoms with Crippen molar-refractivity contribution in [1.29, 1.82) is 0 Å². The first kappa shape index (κ1) is 17.2. The standard InChI is InChI=1S/C21H23NO3/c1-14(2)10-20(23)16-6-9-19-17(11-16)13-22(21(19)24)12-15-4-7-18(25-3)8-5-15/h4-9,11,14H,10,12-13H2,1-3H3. The van der Waals surface area contributed by atoms with Crippen LogP contribution in [0.15, 0.2) is 42.5 Å². The summed E-state index contributed by atoms with van der Waals surface area (Å²) in [7, 11) is 1.63. The summed E-state index contributed by atoms with van der Waals surface area (Å²) in [6.45, 7) is 5.16. The van der Waals surface area contributed by atoms with Crippen LogP contribution in [0.4, 0.5) is 0 Å². The van der Waals surface area contributed by atoms with Crippen LogP contribution in [0.5, 0.6) is 5.75 Å². The van der Waals surface area contributed by atoms with Gasteiger partial charge in [-0.25, -0.2) is 0 Å². The molecule has 0 saturated heterocycles. The first-order valence-electron chi connectivity index (χ1n) is 8.56. The van der Waals surface area contributed by atoms with E-state index in [0.717, 1.165) is 16.9 Å². The van der Waals surface area contributed by atoms with Crippen molar-refractivity contribution in [2.24, 2.45) is 5.92 Å². The highest BCUT2D eigenvalue weighted by molar-refractivity contribution is 6.01. The van der Waals surface area contributed by atoms with E-state index in [-0.39, 0.29) is 11.7 Å². The summed E-state index contributed by atoms with van der Waals surface area (Å²) in [5.74, 6) is 1.29. The molecule has 1 aliphatic heterocycles. The van der Waals surface area contributed by atoms with E-state index < -0.39 is 0 Å². The monoisotopic (exact) mass is 337 g/mol. The number of Topliss-reactive ketones (excluding diaryl/α,β-unsaturated/α-hetero) is 1. The Morgan fingerprint density at radius 1 is 1.16 bits per heavy atom. The highest BCUT2D eigenvalue weighted by Crippen LogP contribution is 2.26. The molecule has 0 bridgehead atoms. The molecule has 2 aromatic rings. The lowest BCUT2D eigenvalue weighted by Gasteiger charge is -2.15. The third-order valence-electron chi connectivity index (χ3n) is 4.43. The van der Waals surface area contributed by atoms with Crippen LogP contribution >= 0.6 is 0 Å². The number of amides is 1. The van der Waals surface area contributed by atoms with Gasteiger partial charge in [0.15, 0.2) is 5.78 Å². The van der Waals surface area contributed by atoms with E-state index in [1.807, 2.05) is 49.1 Å². The van der Waals surface area contributed by atoms with Gasteiger partial charge in [0.25, 0.3) is 5.91 Å². The molecule has 25 heavy (non-hydrogen) atoms. The van der Waals surface area contributed by atoms with Crippen LogP contribution in [0.2, 0.25) is 0 Å². The largest absolute Gasteiger partial charge is 0.497 e. The fourth-order valence-corrected chi connectivity index (χ4v) is 3.12. The highest BCUT2D eigenvalue weighted by atomic mass is 16.5. The third kappa shape index (κ3) is 3.73. The molecule has 3 rings (SSSR count). The number of hydrogen-bond acceptors (Lipinski definition) is 3. The molecule has 4 nitrogen and oxygen atoms in total. The van der Waals surface area contributed by atoms with Gasteiger partial charge in [0.2, 0.25) is 0 Å². The first-order chi connectivity index (χ1) is 12.0. The van der Waals surface area contributed by atoms with E-state index in [9.17, 15) is 9.59 Å². The summed E-state index contributed by atoms with van der Waals surface area (Å²) in [5, 5.41) is 0. The minimum absolute atomic E-state index is 0.0219. The second-order valence-corrected chi connectivity index (χ2v) is 6.90. The van der Waals surface area contributed by atoms with Crippen LogP contribution in [-0.4, -0.2) is 23.7 Å². The Bertz CT molecular complexity index is 793. The predicted molar refractivity (Wildman–Crippen MR) is 96.8 cm³/mol. The van der Waals surface area contributed by atoms with Gasteiger partial charge in [0.1, 0.15) is 5.75 Å². The topological polar surface area (TPSA) is 46.6 Å². The molecule has 0 aliphatic carbocycles. The van der Waals surface area contributed by atoms with Gasteiger partial charge in [-0.2, -0.15) is 0 Å². The lowest BCUT2D eigenvalue weighted by Crippen LogP contribution is -2.23. The molecule has 4 heteroatoms. The van der Waals surface area contributed by atoms with E-state index in [2.05, 4.69) is 0 Å². The normalized spacial score (nSPS) is 13.3. The summed E-state index contributed by atoms with van der Waals surface area (Å²) in [6, 6.07) is 13.2. The Hall–Kier alpha value is -2.62. The van der Waals surface area contributed by atoms with Crippen molar-refractivity contribution in [1.82, 2.24) is 4.90 Å². The Kier molecular flexibility index (Phi) is 4.88. The fraction of sp³-hybridized carbons (Fsp3) is 0.333. The molecular weight excluding hydrogens is 314 g/mol. The summed E-state index contributed by atoms with van der Waals surface area (Å²) >= 11 is 0. The lowest BCUT2D eigenvalue weighted by atomic mass is 9.98. The first-order valence-corrected chi connectivity index (χ1v) is 8.56. The van der Waals surface area contributed by atoms with Gasteiger partial charge in [0, 0.05) is 30.6 Å². The molecule has 0 fully saturated rings. The van der Waals surface area contributed by atoms with E-state index in [1.54, 1.807) is 19.2 Å². The Morgan fingerprint density at radius 3 is 2.52 bits per heavy atom. The predicted octanol–water partition coefficient (Wildman–Crippen LogP) is 4.08. The smallest absolute Gasteiger partial charge is 0.254 e. The molecule has 0 atom stereocenters. The van der Waals surface area contributed by atoms with Crippen molar-refractivity contribution in [3.05, 3.63) is 64.7 Å². The lowest BCUT2D eigenvalue weighted by molar-refractivity contribution is 0.0766. The van der Waals surface area contributed by atoms with E-state index >= 15 is 0 Å². The summed E-state index contributed by atoms with van der Waals surface area (Å²) in [4.78, 5) is 26.7. The van der Waals surface area contributed by atoms with Crippen LogP contribution in [-0.2, 0) is 13.1 Å². The molecule has 0 radical (unpaired) electrons. The second kappa shape index (κ2) is 7.09. The number of carbonyl (C=O) groups excluding carboxylic acids is 2. The number of nitrogens with zero attached hydrogens (tertiary/aromatic N) is 1. The minimum atomic E-state index is 0.0219. The van der Waals surface area contributed by atoms with Gasteiger partial charge < -0.3 is 9.64 Å². The average Bonchev–Trinajstić information content (AvgIpc) is 2.90. The van der Waals surface area contributed by atoms with Gasteiger partial charge in [-0.15, -0.1) is 0 Å². The maximum atomic E-state index is 12.6. The number of hydrogen-bond donors (Lipinski definition) is 0. The average molecular weight is 337 g/mol. The molecule has 0 saturated carbocycles.